The zero-order chi connectivity index (χ0) is 15.7. The predicted molar refractivity (Wildman–Crippen MR) is 83.5 cm³/mol. The molecule has 0 radical (unpaired) electrons. The Morgan fingerprint density at radius 2 is 1.77 bits per heavy atom. The molecule has 0 heterocycles. The molecule has 0 aliphatic heterocycles. The van der Waals surface area contributed by atoms with Crippen LogP contribution in [0.15, 0.2) is 36.4 Å². The molecule has 1 amide bonds. The number of fused-ring (bicyclic) bond motifs is 2. The van der Waals surface area contributed by atoms with E-state index >= 15 is 0 Å². The van der Waals surface area contributed by atoms with Crippen molar-refractivity contribution in [2.24, 2.45) is 23.7 Å². The number of carbonyl (C=O) groups is 2. The second kappa shape index (κ2) is 6.13. The van der Waals surface area contributed by atoms with Crippen LogP contribution in [0.2, 0.25) is 5.02 Å². The first-order chi connectivity index (χ1) is 10.6. The third-order valence-electron chi connectivity index (χ3n) is 4.67. The van der Waals surface area contributed by atoms with Gasteiger partial charge in [-0.1, -0.05) is 35.9 Å². The molecule has 0 saturated heterocycles. The molecule has 1 aromatic carbocycles. The highest BCUT2D eigenvalue weighted by atomic mass is 35.5. The fourth-order valence-electron chi connectivity index (χ4n) is 3.62. The van der Waals surface area contributed by atoms with Gasteiger partial charge in [-0.25, -0.2) is 0 Å². The summed E-state index contributed by atoms with van der Waals surface area (Å²) < 4.78 is 0. The van der Waals surface area contributed by atoms with Gasteiger partial charge in [-0.3, -0.25) is 9.59 Å². The number of amides is 1. The molecule has 1 fully saturated rings. The molecule has 5 heteroatoms. The lowest BCUT2D eigenvalue weighted by atomic mass is 9.82. The van der Waals surface area contributed by atoms with Crippen LogP contribution in [0.5, 0.6) is 0 Å². The number of allylic oxidation sites excluding steroid dienone is 2. The Morgan fingerprint density at radius 1 is 1.14 bits per heavy atom. The van der Waals surface area contributed by atoms with Gasteiger partial charge in [0.15, 0.2) is 0 Å². The molecular formula is C17H18ClNO3. The molecule has 22 heavy (non-hydrogen) atoms. The topological polar surface area (TPSA) is 66.4 Å². The lowest BCUT2D eigenvalue weighted by molar-refractivity contribution is -0.147. The van der Waals surface area contributed by atoms with Crippen molar-refractivity contribution in [2.75, 3.05) is 6.54 Å². The van der Waals surface area contributed by atoms with E-state index in [1.807, 2.05) is 36.4 Å². The molecule has 4 unspecified atom stereocenters. The van der Waals surface area contributed by atoms with Gasteiger partial charge in [0.1, 0.15) is 0 Å². The summed E-state index contributed by atoms with van der Waals surface area (Å²) in [7, 11) is 0. The Hall–Kier alpha value is -1.81. The highest BCUT2D eigenvalue weighted by Crippen LogP contribution is 2.48. The van der Waals surface area contributed by atoms with Crippen molar-refractivity contribution in [3.05, 3.63) is 47.0 Å². The summed E-state index contributed by atoms with van der Waals surface area (Å²) in [4.78, 5) is 23.8. The van der Waals surface area contributed by atoms with Gasteiger partial charge in [-0.2, -0.15) is 0 Å². The van der Waals surface area contributed by atoms with Gasteiger partial charge < -0.3 is 10.4 Å². The molecule has 0 aromatic heterocycles. The Kier molecular flexibility index (Phi) is 4.21. The summed E-state index contributed by atoms with van der Waals surface area (Å²) in [5, 5.41) is 12.9. The van der Waals surface area contributed by atoms with Crippen molar-refractivity contribution in [3.63, 3.8) is 0 Å². The number of halogens is 1. The fraction of sp³-hybridized carbons (Fsp3) is 0.412. The van der Waals surface area contributed by atoms with E-state index < -0.39 is 17.8 Å². The van der Waals surface area contributed by atoms with E-state index in [9.17, 15) is 14.7 Å². The van der Waals surface area contributed by atoms with Crippen LogP contribution in [-0.4, -0.2) is 23.5 Å². The smallest absolute Gasteiger partial charge is 0.307 e. The molecule has 0 spiro atoms. The Balaban J connectivity index is 1.56. The van der Waals surface area contributed by atoms with Crippen molar-refractivity contribution in [1.29, 1.82) is 0 Å². The van der Waals surface area contributed by atoms with Crippen LogP contribution in [0.3, 0.4) is 0 Å². The minimum absolute atomic E-state index is 0.00881. The Labute approximate surface area is 134 Å². The number of rotatable bonds is 5. The molecule has 116 valence electrons. The van der Waals surface area contributed by atoms with Gasteiger partial charge >= 0.3 is 5.97 Å². The van der Waals surface area contributed by atoms with Crippen LogP contribution < -0.4 is 5.32 Å². The molecule has 2 aliphatic rings. The number of carbonyl (C=O) groups excluding carboxylic acids is 1. The molecule has 1 saturated carbocycles. The van der Waals surface area contributed by atoms with E-state index in [1.54, 1.807) is 0 Å². The Morgan fingerprint density at radius 3 is 2.41 bits per heavy atom. The number of benzene rings is 1. The van der Waals surface area contributed by atoms with Gasteiger partial charge in [0.05, 0.1) is 11.8 Å². The maximum Gasteiger partial charge on any atom is 0.307 e. The summed E-state index contributed by atoms with van der Waals surface area (Å²) in [6.07, 6.45) is 5.43. The van der Waals surface area contributed by atoms with Crippen molar-refractivity contribution in [2.45, 2.75) is 12.8 Å². The van der Waals surface area contributed by atoms with Gasteiger partial charge in [-0.15, -0.1) is 0 Å². The number of carboxylic acid groups (broad SMARTS) is 1. The van der Waals surface area contributed by atoms with E-state index in [1.165, 1.54) is 0 Å². The SMILES string of the molecule is O=C(O)C1C2C=CC(C2)C1C(=O)NCCc1ccc(Cl)cc1. The largest absolute Gasteiger partial charge is 0.481 e. The van der Waals surface area contributed by atoms with Gasteiger partial charge in [-0.05, 0) is 42.4 Å². The van der Waals surface area contributed by atoms with E-state index in [2.05, 4.69) is 5.32 Å². The van der Waals surface area contributed by atoms with Crippen molar-refractivity contribution in [3.8, 4) is 0 Å². The van der Waals surface area contributed by atoms with Crippen molar-refractivity contribution in [1.82, 2.24) is 5.32 Å². The summed E-state index contributed by atoms with van der Waals surface area (Å²) in [5.41, 5.74) is 1.09. The van der Waals surface area contributed by atoms with Crippen LogP contribution >= 0.6 is 11.6 Å². The Bertz CT molecular complexity index is 611. The van der Waals surface area contributed by atoms with Gasteiger partial charge in [0, 0.05) is 11.6 Å². The lowest BCUT2D eigenvalue weighted by Crippen LogP contribution is -2.40. The summed E-state index contributed by atoms with van der Waals surface area (Å²) in [6, 6.07) is 7.49. The molecule has 2 N–H and O–H groups in total. The van der Waals surface area contributed by atoms with E-state index in [-0.39, 0.29) is 17.7 Å². The lowest BCUT2D eigenvalue weighted by Gasteiger charge is -2.23. The molecule has 4 nitrogen and oxygen atoms in total. The van der Waals surface area contributed by atoms with Crippen LogP contribution in [0.1, 0.15) is 12.0 Å². The zero-order valence-electron chi connectivity index (χ0n) is 12.0. The maximum atomic E-state index is 12.4. The summed E-state index contributed by atoms with van der Waals surface area (Å²) in [6.45, 7) is 0.504. The number of nitrogens with one attached hydrogen (secondary N) is 1. The van der Waals surface area contributed by atoms with Crippen LogP contribution in [0.4, 0.5) is 0 Å². The quantitative estimate of drug-likeness (QED) is 0.820. The molecule has 4 atom stereocenters. The standard InChI is InChI=1S/C17H18ClNO3/c18-13-5-1-10(2-6-13)7-8-19-16(20)14-11-3-4-12(9-11)15(14)17(21)22/h1-6,11-12,14-15H,7-9H2,(H,19,20)(H,21,22). The third kappa shape index (κ3) is 2.88. The minimum atomic E-state index is -0.866. The van der Waals surface area contributed by atoms with E-state index in [0.717, 1.165) is 12.0 Å². The molecule has 2 aliphatic carbocycles. The molecular weight excluding hydrogens is 302 g/mol. The molecule has 3 rings (SSSR count). The number of hydrogen-bond donors (Lipinski definition) is 2. The average Bonchev–Trinajstić information content (AvgIpc) is 3.09. The van der Waals surface area contributed by atoms with Gasteiger partial charge in [0.2, 0.25) is 5.91 Å². The third-order valence-corrected chi connectivity index (χ3v) is 4.93. The molecule has 2 bridgehead atoms. The van der Waals surface area contributed by atoms with Crippen LogP contribution in [0, 0.1) is 23.7 Å². The maximum absolute atomic E-state index is 12.4. The fourth-order valence-corrected chi connectivity index (χ4v) is 3.74. The van der Waals surface area contributed by atoms with Crippen molar-refractivity contribution >= 4 is 23.5 Å². The number of aliphatic carboxylic acids is 1. The first-order valence-corrected chi connectivity index (χ1v) is 7.87. The van der Waals surface area contributed by atoms with Crippen molar-refractivity contribution < 1.29 is 14.7 Å². The first-order valence-electron chi connectivity index (χ1n) is 7.49. The first kappa shape index (κ1) is 15.1. The highest BCUT2D eigenvalue weighted by Gasteiger charge is 2.51. The van der Waals surface area contributed by atoms with Gasteiger partial charge in [0.25, 0.3) is 0 Å². The summed E-state index contributed by atoms with van der Waals surface area (Å²) in [5.74, 6) is -1.94. The van der Waals surface area contributed by atoms with Crippen LogP contribution in [-0.2, 0) is 16.0 Å². The average molecular weight is 320 g/mol. The molecule has 1 aromatic rings. The zero-order valence-corrected chi connectivity index (χ0v) is 12.8. The second-order valence-electron chi connectivity index (χ2n) is 6.01. The number of hydrogen-bond acceptors (Lipinski definition) is 2. The second-order valence-corrected chi connectivity index (χ2v) is 6.44. The highest BCUT2D eigenvalue weighted by molar-refractivity contribution is 6.30. The normalized spacial score (nSPS) is 28.8. The predicted octanol–water partition coefficient (Wildman–Crippen LogP) is 2.52. The minimum Gasteiger partial charge on any atom is -0.481 e. The summed E-state index contributed by atoms with van der Waals surface area (Å²) >= 11 is 5.83. The number of carboxylic acids is 1. The van der Waals surface area contributed by atoms with Crippen LogP contribution in [0.25, 0.3) is 0 Å². The van der Waals surface area contributed by atoms with E-state index in [0.29, 0.717) is 18.0 Å². The van der Waals surface area contributed by atoms with E-state index in [4.69, 9.17) is 11.6 Å². The monoisotopic (exact) mass is 319 g/mol.